The van der Waals surface area contributed by atoms with Crippen molar-refractivity contribution in [3.63, 3.8) is 0 Å². The second-order valence-electron chi connectivity index (χ2n) is 5.68. The minimum absolute atomic E-state index is 0.0559. The Morgan fingerprint density at radius 2 is 2.22 bits per heavy atom. The van der Waals surface area contributed by atoms with Crippen LogP contribution in [0.25, 0.3) is 0 Å². The summed E-state index contributed by atoms with van der Waals surface area (Å²) in [5.41, 5.74) is 9.37. The number of benzene rings is 1. The molecule has 0 saturated heterocycles. The van der Waals surface area contributed by atoms with Crippen LogP contribution in [-0.2, 0) is 6.42 Å². The minimum atomic E-state index is 0.0559. The Morgan fingerprint density at radius 1 is 1.44 bits per heavy atom. The first-order chi connectivity index (χ1) is 8.66. The highest BCUT2D eigenvalue weighted by Gasteiger charge is 2.38. The molecular weight excluding hydrogens is 224 g/mol. The predicted molar refractivity (Wildman–Crippen MR) is 71.3 cm³/mol. The van der Waals surface area contributed by atoms with Gasteiger partial charge in [0.2, 0.25) is 0 Å². The Kier molecular flexibility index (Phi) is 2.86. The topological polar surface area (TPSA) is 55.1 Å². The number of rotatable bonds is 2. The van der Waals surface area contributed by atoms with E-state index in [9.17, 15) is 4.79 Å². The lowest BCUT2D eigenvalue weighted by Crippen LogP contribution is -2.23. The van der Waals surface area contributed by atoms with Crippen LogP contribution in [0.2, 0.25) is 0 Å². The van der Waals surface area contributed by atoms with Crippen molar-refractivity contribution in [2.75, 3.05) is 6.54 Å². The molecule has 1 heterocycles. The third-order valence-corrected chi connectivity index (χ3v) is 4.30. The molecule has 1 aromatic carbocycles. The van der Waals surface area contributed by atoms with Crippen molar-refractivity contribution in [2.45, 2.75) is 32.2 Å². The first-order valence-electron chi connectivity index (χ1n) is 6.83. The van der Waals surface area contributed by atoms with Crippen molar-refractivity contribution in [1.82, 2.24) is 5.32 Å². The number of fused-ring (bicyclic) bond motifs is 1. The molecule has 3 rings (SSSR count). The molecule has 0 radical (unpaired) electrons. The average Bonchev–Trinajstić information content (AvgIpc) is 3.12. The number of aryl methyl sites for hydroxylation is 1. The van der Waals surface area contributed by atoms with E-state index in [0.29, 0.717) is 5.92 Å². The molecule has 96 valence electrons. The predicted octanol–water partition coefficient (Wildman–Crippen LogP) is 2.02. The molecule has 3 N–H and O–H groups in total. The van der Waals surface area contributed by atoms with Gasteiger partial charge in [-0.1, -0.05) is 19.1 Å². The van der Waals surface area contributed by atoms with Gasteiger partial charge in [-0.25, -0.2) is 0 Å². The summed E-state index contributed by atoms with van der Waals surface area (Å²) in [4.78, 5) is 12.0. The molecule has 0 spiro atoms. The molecule has 2 aliphatic rings. The fourth-order valence-electron chi connectivity index (χ4n) is 2.91. The van der Waals surface area contributed by atoms with Crippen molar-refractivity contribution in [3.05, 3.63) is 34.9 Å². The second-order valence-corrected chi connectivity index (χ2v) is 5.68. The van der Waals surface area contributed by atoms with Crippen molar-refractivity contribution >= 4 is 5.91 Å². The fraction of sp³-hybridized carbons (Fsp3) is 0.533. The maximum Gasteiger partial charge on any atom is 0.251 e. The van der Waals surface area contributed by atoms with Crippen molar-refractivity contribution in [2.24, 2.45) is 17.6 Å². The maximum atomic E-state index is 12.0. The van der Waals surface area contributed by atoms with E-state index in [2.05, 4.69) is 24.4 Å². The van der Waals surface area contributed by atoms with Gasteiger partial charge in [-0.05, 0) is 48.3 Å². The van der Waals surface area contributed by atoms with E-state index in [4.69, 9.17) is 5.73 Å². The number of carbonyl (C=O) groups excluding carboxylic acids is 1. The highest BCUT2D eigenvalue weighted by molar-refractivity contribution is 5.96. The molecule has 1 fully saturated rings. The van der Waals surface area contributed by atoms with Gasteiger partial charge in [0.1, 0.15) is 0 Å². The molecule has 3 unspecified atom stereocenters. The van der Waals surface area contributed by atoms with E-state index in [0.717, 1.165) is 42.0 Å². The van der Waals surface area contributed by atoms with E-state index < -0.39 is 0 Å². The van der Waals surface area contributed by atoms with Gasteiger partial charge < -0.3 is 11.1 Å². The molecule has 1 saturated carbocycles. The Labute approximate surface area is 108 Å². The van der Waals surface area contributed by atoms with Crippen LogP contribution in [0.3, 0.4) is 0 Å². The molecule has 1 aromatic rings. The summed E-state index contributed by atoms with van der Waals surface area (Å²) in [6, 6.07) is 6.28. The lowest BCUT2D eigenvalue weighted by Gasteiger charge is -2.14. The van der Waals surface area contributed by atoms with E-state index in [-0.39, 0.29) is 11.9 Å². The van der Waals surface area contributed by atoms with Crippen LogP contribution in [0.1, 0.15) is 47.3 Å². The largest absolute Gasteiger partial charge is 0.352 e. The second kappa shape index (κ2) is 4.39. The lowest BCUT2D eigenvalue weighted by atomic mass is 9.95. The Morgan fingerprint density at radius 3 is 2.94 bits per heavy atom. The normalized spacial score (nSPS) is 28.0. The monoisotopic (exact) mass is 244 g/mol. The summed E-state index contributed by atoms with van der Waals surface area (Å²) in [5.74, 6) is 1.38. The van der Waals surface area contributed by atoms with Crippen LogP contribution in [-0.4, -0.2) is 12.5 Å². The number of nitrogens with one attached hydrogen (secondary N) is 1. The molecular formula is C15H20N2O. The number of hydrogen-bond acceptors (Lipinski definition) is 2. The first kappa shape index (κ1) is 11.7. The standard InChI is InChI=1S/C15H20N2O/c1-9-7-12(9)14(16)11-5-4-10-3-2-6-17-15(18)13(10)8-11/h4-5,8-9,12,14H,2-3,6-7,16H2,1H3,(H,17,18). The van der Waals surface area contributed by atoms with Gasteiger partial charge >= 0.3 is 0 Å². The minimum Gasteiger partial charge on any atom is -0.352 e. The van der Waals surface area contributed by atoms with Crippen LogP contribution in [0.4, 0.5) is 0 Å². The van der Waals surface area contributed by atoms with E-state index in [1.807, 2.05) is 6.07 Å². The zero-order chi connectivity index (χ0) is 12.7. The highest BCUT2D eigenvalue weighted by Crippen LogP contribution is 2.45. The van der Waals surface area contributed by atoms with Crippen LogP contribution in [0.15, 0.2) is 18.2 Å². The number of nitrogens with two attached hydrogens (primary N) is 1. The number of hydrogen-bond donors (Lipinski definition) is 2. The van der Waals surface area contributed by atoms with E-state index >= 15 is 0 Å². The zero-order valence-electron chi connectivity index (χ0n) is 10.8. The third-order valence-electron chi connectivity index (χ3n) is 4.30. The van der Waals surface area contributed by atoms with Crippen LogP contribution < -0.4 is 11.1 Å². The Hall–Kier alpha value is -1.35. The molecule has 3 nitrogen and oxygen atoms in total. The Bertz CT molecular complexity index is 483. The van der Waals surface area contributed by atoms with Gasteiger partial charge in [0.15, 0.2) is 0 Å². The quantitative estimate of drug-likeness (QED) is 0.836. The van der Waals surface area contributed by atoms with Crippen LogP contribution in [0.5, 0.6) is 0 Å². The molecule has 0 aromatic heterocycles. The van der Waals surface area contributed by atoms with Crippen molar-refractivity contribution in [3.8, 4) is 0 Å². The molecule has 1 aliphatic carbocycles. The maximum absolute atomic E-state index is 12.0. The van der Waals surface area contributed by atoms with Gasteiger partial charge in [-0.15, -0.1) is 0 Å². The molecule has 3 atom stereocenters. The smallest absolute Gasteiger partial charge is 0.251 e. The Balaban J connectivity index is 1.91. The third kappa shape index (κ3) is 2.03. The summed E-state index contributed by atoms with van der Waals surface area (Å²) < 4.78 is 0. The van der Waals surface area contributed by atoms with Gasteiger partial charge in [0, 0.05) is 18.2 Å². The van der Waals surface area contributed by atoms with Crippen LogP contribution in [0, 0.1) is 11.8 Å². The van der Waals surface area contributed by atoms with Gasteiger partial charge in [-0.3, -0.25) is 4.79 Å². The summed E-state index contributed by atoms with van der Waals surface area (Å²) in [6.07, 6.45) is 3.21. The number of amides is 1. The fourth-order valence-corrected chi connectivity index (χ4v) is 2.91. The van der Waals surface area contributed by atoms with Gasteiger partial charge in [0.25, 0.3) is 5.91 Å². The zero-order valence-corrected chi connectivity index (χ0v) is 10.8. The number of carbonyl (C=O) groups is 1. The van der Waals surface area contributed by atoms with Crippen molar-refractivity contribution in [1.29, 1.82) is 0 Å². The molecule has 0 bridgehead atoms. The molecule has 3 heteroatoms. The highest BCUT2D eigenvalue weighted by atomic mass is 16.1. The average molecular weight is 244 g/mol. The molecule has 1 amide bonds. The summed E-state index contributed by atoms with van der Waals surface area (Å²) in [7, 11) is 0. The molecule has 1 aliphatic heterocycles. The van der Waals surface area contributed by atoms with Crippen molar-refractivity contribution < 1.29 is 4.79 Å². The lowest BCUT2D eigenvalue weighted by molar-refractivity contribution is 0.0956. The van der Waals surface area contributed by atoms with Gasteiger partial charge in [-0.2, -0.15) is 0 Å². The first-order valence-corrected chi connectivity index (χ1v) is 6.83. The summed E-state index contributed by atoms with van der Waals surface area (Å²) in [6.45, 7) is 3.01. The SMILES string of the molecule is CC1CC1C(N)c1ccc2c(c1)C(=O)NCCC2. The van der Waals surface area contributed by atoms with E-state index in [1.54, 1.807) is 0 Å². The van der Waals surface area contributed by atoms with Gasteiger partial charge in [0.05, 0.1) is 0 Å². The summed E-state index contributed by atoms with van der Waals surface area (Å²) in [5, 5.41) is 2.94. The molecule has 18 heavy (non-hydrogen) atoms. The van der Waals surface area contributed by atoms with Crippen LogP contribution >= 0.6 is 0 Å². The summed E-state index contributed by atoms with van der Waals surface area (Å²) >= 11 is 0. The van der Waals surface area contributed by atoms with E-state index in [1.165, 1.54) is 6.42 Å².